The normalized spacial score (nSPS) is 12.8. The Labute approximate surface area is 167 Å². The van der Waals surface area contributed by atoms with Crippen LogP contribution >= 0.6 is 12.2 Å². The highest BCUT2D eigenvalue weighted by Crippen LogP contribution is 2.29. The predicted octanol–water partition coefficient (Wildman–Crippen LogP) is 3.02. The largest absolute Gasteiger partial charge is 0.497 e. The van der Waals surface area contributed by atoms with E-state index in [9.17, 15) is 9.59 Å². The highest BCUT2D eigenvalue weighted by atomic mass is 32.1. The molecule has 0 aromatic heterocycles. The van der Waals surface area contributed by atoms with E-state index in [0.29, 0.717) is 23.1 Å². The molecule has 2 N–H and O–H groups in total. The molecule has 2 amide bonds. The standard InChI is InChI=1S/C21H17N3O3S/c1-27-15-10-8-13(9-11-15)12-22-21(28)23-24-19(25)16-6-2-4-14-5-3-7-17(18(14)16)20(24)26/h2-11H,12H2,1H3,(H2,22,23,28). The number of amides is 2. The second-order valence-electron chi connectivity index (χ2n) is 6.30. The minimum atomic E-state index is -0.428. The lowest BCUT2D eigenvalue weighted by Gasteiger charge is -2.28. The molecule has 7 heteroatoms. The Bertz CT molecular complexity index is 1050. The van der Waals surface area contributed by atoms with Gasteiger partial charge in [0, 0.05) is 11.9 Å². The summed E-state index contributed by atoms with van der Waals surface area (Å²) in [6.45, 7) is 0.443. The predicted molar refractivity (Wildman–Crippen MR) is 110 cm³/mol. The molecule has 0 saturated carbocycles. The SMILES string of the molecule is COc1ccc(CNC(=S)NN2C(=O)c3cccc4cccc(c34)C2=O)cc1. The van der Waals surface area contributed by atoms with Crippen molar-refractivity contribution in [1.29, 1.82) is 0 Å². The second-order valence-corrected chi connectivity index (χ2v) is 6.71. The number of methoxy groups -OCH3 is 1. The number of ether oxygens (including phenoxy) is 1. The number of rotatable bonds is 4. The maximum absolute atomic E-state index is 12.8. The first-order chi connectivity index (χ1) is 13.6. The lowest BCUT2D eigenvalue weighted by atomic mass is 9.95. The van der Waals surface area contributed by atoms with E-state index in [4.69, 9.17) is 17.0 Å². The summed E-state index contributed by atoms with van der Waals surface area (Å²) in [6, 6.07) is 18.3. The molecular weight excluding hydrogens is 374 g/mol. The van der Waals surface area contributed by atoms with E-state index < -0.39 is 11.8 Å². The van der Waals surface area contributed by atoms with Crippen LogP contribution in [0.25, 0.3) is 10.8 Å². The average molecular weight is 391 g/mol. The lowest BCUT2D eigenvalue weighted by Crippen LogP contribution is -2.54. The van der Waals surface area contributed by atoms with Crippen LogP contribution in [-0.4, -0.2) is 29.0 Å². The van der Waals surface area contributed by atoms with E-state index in [1.807, 2.05) is 36.4 Å². The summed E-state index contributed by atoms with van der Waals surface area (Å²) in [5.74, 6) is -0.0902. The van der Waals surface area contributed by atoms with Crippen LogP contribution in [0.15, 0.2) is 60.7 Å². The van der Waals surface area contributed by atoms with Gasteiger partial charge in [0.2, 0.25) is 0 Å². The summed E-state index contributed by atoms with van der Waals surface area (Å²) < 4.78 is 5.13. The second kappa shape index (κ2) is 7.28. The summed E-state index contributed by atoms with van der Waals surface area (Å²) in [4.78, 5) is 25.7. The highest BCUT2D eigenvalue weighted by Gasteiger charge is 2.33. The Hall–Kier alpha value is -3.45. The Morgan fingerprint density at radius 3 is 2.14 bits per heavy atom. The van der Waals surface area contributed by atoms with E-state index in [-0.39, 0.29) is 5.11 Å². The molecule has 3 aromatic carbocycles. The van der Waals surface area contributed by atoms with Gasteiger partial charge in [0.1, 0.15) is 5.75 Å². The molecule has 0 aliphatic carbocycles. The molecule has 0 unspecified atom stereocenters. The first-order valence-electron chi connectivity index (χ1n) is 8.66. The van der Waals surface area contributed by atoms with Crippen molar-refractivity contribution in [2.24, 2.45) is 0 Å². The van der Waals surface area contributed by atoms with E-state index >= 15 is 0 Å². The van der Waals surface area contributed by atoms with Crippen LogP contribution in [-0.2, 0) is 6.54 Å². The van der Waals surface area contributed by atoms with Gasteiger partial charge < -0.3 is 10.1 Å². The monoisotopic (exact) mass is 391 g/mol. The Morgan fingerprint density at radius 1 is 0.964 bits per heavy atom. The number of hydrazine groups is 1. The van der Waals surface area contributed by atoms with Crippen molar-refractivity contribution in [3.8, 4) is 5.75 Å². The number of carbonyl (C=O) groups is 2. The number of nitrogens with one attached hydrogen (secondary N) is 2. The third-order valence-electron chi connectivity index (χ3n) is 4.60. The minimum absolute atomic E-state index is 0.184. The fourth-order valence-corrected chi connectivity index (χ4v) is 3.36. The van der Waals surface area contributed by atoms with E-state index in [0.717, 1.165) is 21.7 Å². The zero-order valence-corrected chi connectivity index (χ0v) is 15.9. The Morgan fingerprint density at radius 2 is 1.57 bits per heavy atom. The minimum Gasteiger partial charge on any atom is -0.497 e. The van der Waals surface area contributed by atoms with E-state index in [1.54, 1.807) is 31.4 Å². The molecule has 1 aliphatic rings. The zero-order chi connectivity index (χ0) is 19.7. The molecule has 0 saturated heterocycles. The molecule has 0 atom stereocenters. The van der Waals surface area contributed by atoms with Crippen molar-refractivity contribution in [2.75, 3.05) is 7.11 Å². The van der Waals surface area contributed by atoms with Crippen molar-refractivity contribution in [2.45, 2.75) is 6.54 Å². The first-order valence-corrected chi connectivity index (χ1v) is 9.07. The van der Waals surface area contributed by atoms with Gasteiger partial charge in [-0.3, -0.25) is 15.0 Å². The third kappa shape index (κ3) is 3.16. The molecule has 0 bridgehead atoms. The molecule has 4 rings (SSSR count). The van der Waals surface area contributed by atoms with Crippen molar-refractivity contribution in [1.82, 2.24) is 15.8 Å². The topological polar surface area (TPSA) is 70.7 Å². The van der Waals surface area contributed by atoms with Crippen LogP contribution in [0.3, 0.4) is 0 Å². The molecular formula is C21H17N3O3S. The van der Waals surface area contributed by atoms with Gasteiger partial charge in [0.25, 0.3) is 11.8 Å². The van der Waals surface area contributed by atoms with Gasteiger partial charge in [-0.2, -0.15) is 5.01 Å². The number of hydrogen-bond donors (Lipinski definition) is 2. The van der Waals surface area contributed by atoms with Crippen LogP contribution < -0.4 is 15.5 Å². The van der Waals surface area contributed by atoms with Gasteiger partial charge in [-0.15, -0.1) is 0 Å². The Kier molecular flexibility index (Phi) is 4.67. The van der Waals surface area contributed by atoms with Gasteiger partial charge in [-0.1, -0.05) is 36.4 Å². The van der Waals surface area contributed by atoms with Crippen LogP contribution in [0.2, 0.25) is 0 Å². The van der Waals surface area contributed by atoms with Gasteiger partial charge in [0.05, 0.1) is 18.2 Å². The van der Waals surface area contributed by atoms with E-state index in [2.05, 4.69) is 10.7 Å². The zero-order valence-electron chi connectivity index (χ0n) is 15.1. The number of thiocarbonyl (C=S) groups is 1. The molecule has 0 spiro atoms. The van der Waals surface area contributed by atoms with Crippen molar-refractivity contribution >= 4 is 39.9 Å². The quantitative estimate of drug-likeness (QED) is 0.526. The summed E-state index contributed by atoms with van der Waals surface area (Å²) in [6.07, 6.45) is 0. The summed E-state index contributed by atoms with van der Waals surface area (Å²) in [7, 11) is 1.61. The molecule has 6 nitrogen and oxygen atoms in total. The van der Waals surface area contributed by atoms with E-state index in [1.165, 1.54) is 0 Å². The van der Waals surface area contributed by atoms with Gasteiger partial charge >= 0.3 is 0 Å². The van der Waals surface area contributed by atoms with Gasteiger partial charge in [-0.25, -0.2) is 0 Å². The number of carbonyl (C=O) groups excluding carboxylic acids is 2. The Balaban J connectivity index is 1.49. The number of imide groups is 1. The van der Waals surface area contributed by atoms with Gasteiger partial charge in [0.15, 0.2) is 5.11 Å². The molecule has 3 aromatic rings. The summed E-state index contributed by atoms with van der Waals surface area (Å²) >= 11 is 5.28. The number of benzene rings is 3. The maximum atomic E-state index is 12.8. The van der Waals surface area contributed by atoms with Crippen LogP contribution in [0.1, 0.15) is 26.3 Å². The van der Waals surface area contributed by atoms with Gasteiger partial charge in [-0.05, 0) is 47.4 Å². The fraction of sp³-hybridized carbons (Fsp3) is 0.0952. The van der Waals surface area contributed by atoms with Crippen molar-refractivity contribution in [3.05, 3.63) is 77.4 Å². The highest BCUT2D eigenvalue weighted by molar-refractivity contribution is 7.80. The average Bonchev–Trinajstić information content (AvgIpc) is 2.73. The molecule has 140 valence electrons. The third-order valence-corrected chi connectivity index (χ3v) is 4.83. The molecule has 28 heavy (non-hydrogen) atoms. The molecule has 1 aliphatic heterocycles. The van der Waals surface area contributed by atoms with Crippen molar-refractivity contribution in [3.63, 3.8) is 0 Å². The summed E-state index contributed by atoms with van der Waals surface area (Å²) in [5.41, 5.74) is 4.65. The smallest absolute Gasteiger partial charge is 0.280 e. The van der Waals surface area contributed by atoms with Crippen molar-refractivity contribution < 1.29 is 14.3 Å². The van der Waals surface area contributed by atoms with Crippen LogP contribution in [0, 0.1) is 0 Å². The fourth-order valence-electron chi connectivity index (χ4n) is 3.20. The summed E-state index contributed by atoms with van der Waals surface area (Å²) in [5, 5.41) is 5.68. The van der Waals surface area contributed by atoms with Crippen LogP contribution in [0.5, 0.6) is 5.75 Å². The molecule has 0 radical (unpaired) electrons. The first kappa shape index (κ1) is 17.9. The van der Waals surface area contributed by atoms with Crippen LogP contribution in [0.4, 0.5) is 0 Å². The lowest BCUT2D eigenvalue weighted by molar-refractivity contribution is 0.0566. The number of hydrogen-bond acceptors (Lipinski definition) is 4. The maximum Gasteiger partial charge on any atom is 0.280 e. The molecule has 0 fully saturated rings. The molecule has 1 heterocycles. The number of nitrogens with zero attached hydrogens (tertiary/aromatic N) is 1.